The lowest BCUT2D eigenvalue weighted by Gasteiger charge is -2.23. The molecule has 0 amide bonds. The second-order valence-electron chi connectivity index (χ2n) is 3.32. The van der Waals surface area contributed by atoms with Gasteiger partial charge in [0.15, 0.2) is 0 Å². The summed E-state index contributed by atoms with van der Waals surface area (Å²) in [6.45, 7) is 5.43. The minimum absolute atomic E-state index is 0.219. The molecule has 9 heteroatoms. The molecule has 0 atom stereocenters. The number of unbranched alkanes of at least 4 members (excludes halogenated alkanes) is 1. The van der Waals surface area contributed by atoms with Gasteiger partial charge >= 0.3 is 21.3 Å². The summed E-state index contributed by atoms with van der Waals surface area (Å²) in [7, 11) is -6.07. The lowest BCUT2D eigenvalue weighted by molar-refractivity contribution is -0.164. The first-order valence-electron chi connectivity index (χ1n) is 5.01. The fourth-order valence-corrected chi connectivity index (χ4v) is 1.21. The van der Waals surface area contributed by atoms with Crippen LogP contribution in [-0.2, 0) is 10.1 Å². The number of halogens is 4. The molecule has 4 nitrogen and oxygen atoms in total. The van der Waals surface area contributed by atoms with Gasteiger partial charge in [0.2, 0.25) is 0 Å². The lowest BCUT2D eigenvalue weighted by atomic mass is 10.1. The summed E-state index contributed by atoms with van der Waals surface area (Å²) in [4.78, 5) is 0. The molecule has 0 saturated carbocycles. The molecule has 0 aliphatic heterocycles. The Labute approximate surface area is 104 Å². The Morgan fingerprint density at radius 2 is 1.72 bits per heavy atom. The third kappa shape index (κ3) is 5.78. The van der Waals surface area contributed by atoms with Gasteiger partial charge in [0.05, 0.1) is 0 Å². The number of hydrogen-bond acceptors (Lipinski definition) is 3. The van der Waals surface area contributed by atoms with E-state index in [9.17, 15) is 26.0 Å². The molecule has 0 aliphatic carbocycles. The van der Waals surface area contributed by atoms with Crippen LogP contribution in [0.4, 0.5) is 17.6 Å². The Hall–Kier alpha value is -0.670. The van der Waals surface area contributed by atoms with E-state index in [0.717, 1.165) is 0 Å². The highest BCUT2D eigenvalue weighted by Gasteiger charge is 2.64. The van der Waals surface area contributed by atoms with Crippen molar-refractivity contribution in [1.29, 1.82) is 0 Å². The smallest absolute Gasteiger partial charge is 0.327 e. The summed E-state index contributed by atoms with van der Waals surface area (Å²) in [5, 5.41) is -5.42. The SMILES string of the molecule is C=CCN.CCCCC(F)(F)C(F)(F)S(=O)(=O)O. The van der Waals surface area contributed by atoms with Crippen LogP contribution in [0.3, 0.4) is 0 Å². The van der Waals surface area contributed by atoms with Crippen LogP contribution < -0.4 is 5.73 Å². The molecule has 0 radical (unpaired) electrons. The largest absolute Gasteiger partial charge is 0.431 e. The normalized spacial score (nSPS) is 12.6. The van der Waals surface area contributed by atoms with Crippen LogP contribution in [0, 0.1) is 0 Å². The first kappa shape index (κ1) is 19.7. The Balaban J connectivity index is 0. The van der Waals surface area contributed by atoms with Crippen molar-refractivity contribution < 1.29 is 30.5 Å². The van der Waals surface area contributed by atoms with Crippen LogP contribution in [0.15, 0.2) is 12.7 Å². The monoisotopic (exact) mass is 295 g/mol. The third-order valence-electron chi connectivity index (χ3n) is 1.76. The standard InChI is InChI=1S/C6H10F4O3S.C3H7N/c1-2-3-4-5(7,8)6(9,10)14(11,12)13;1-2-3-4/h2-4H2,1H3,(H,11,12,13);2H,1,3-4H2. The number of alkyl halides is 4. The quantitative estimate of drug-likeness (QED) is 0.448. The zero-order valence-electron chi connectivity index (χ0n) is 9.87. The number of hydrogen-bond donors (Lipinski definition) is 2. The molecule has 0 rings (SSSR count). The van der Waals surface area contributed by atoms with Crippen LogP contribution >= 0.6 is 0 Å². The molecular weight excluding hydrogens is 278 g/mol. The highest BCUT2D eigenvalue weighted by molar-refractivity contribution is 7.87. The molecule has 0 unspecified atom stereocenters. The Bertz CT molecular complexity index is 344. The van der Waals surface area contributed by atoms with Gasteiger partial charge in [-0.05, 0) is 6.42 Å². The predicted molar refractivity (Wildman–Crippen MR) is 60.2 cm³/mol. The fraction of sp³-hybridized carbons (Fsp3) is 0.778. The van der Waals surface area contributed by atoms with E-state index in [4.69, 9.17) is 10.3 Å². The van der Waals surface area contributed by atoms with Gasteiger partial charge in [0, 0.05) is 13.0 Å². The fourth-order valence-electron chi connectivity index (χ4n) is 0.733. The molecule has 0 fully saturated rings. The molecule has 0 spiro atoms. The van der Waals surface area contributed by atoms with Crippen molar-refractivity contribution >= 4 is 10.1 Å². The average Bonchev–Trinajstić information content (AvgIpc) is 2.25. The highest BCUT2D eigenvalue weighted by Crippen LogP contribution is 2.41. The molecular formula is C9H17F4NO3S. The van der Waals surface area contributed by atoms with E-state index in [-0.39, 0.29) is 12.8 Å². The van der Waals surface area contributed by atoms with Crippen molar-refractivity contribution in [3.05, 3.63) is 12.7 Å². The van der Waals surface area contributed by atoms with Gasteiger partial charge in [-0.3, -0.25) is 4.55 Å². The van der Waals surface area contributed by atoms with E-state index in [1.807, 2.05) is 0 Å². The van der Waals surface area contributed by atoms with Crippen molar-refractivity contribution in [3.63, 3.8) is 0 Å². The third-order valence-corrected chi connectivity index (χ3v) is 2.71. The van der Waals surface area contributed by atoms with Crippen molar-refractivity contribution in [2.24, 2.45) is 5.73 Å². The van der Waals surface area contributed by atoms with Crippen LogP contribution in [0.5, 0.6) is 0 Å². The number of nitrogens with two attached hydrogens (primary N) is 1. The van der Waals surface area contributed by atoms with Gasteiger partial charge in [-0.1, -0.05) is 19.4 Å². The minimum atomic E-state index is -6.07. The summed E-state index contributed by atoms with van der Waals surface area (Å²) in [6.07, 6.45) is 0.339. The van der Waals surface area contributed by atoms with Gasteiger partial charge in [-0.2, -0.15) is 26.0 Å². The molecule has 0 saturated heterocycles. The zero-order valence-corrected chi connectivity index (χ0v) is 10.7. The van der Waals surface area contributed by atoms with Crippen LogP contribution in [0.2, 0.25) is 0 Å². The topological polar surface area (TPSA) is 80.4 Å². The van der Waals surface area contributed by atoms with E-state index in [1.54, 1.807) is 6.08 Å². The predicted octanol–water partition coefficient (Wildman–Crippen LogP) is 2.42. The first-order valence-corrected chi connectivity index (χ1v) is 6.45. The summed E-state index contributed by atoms with van der Waals surface area (Å²) in [5.41, 5.74) is 4.91. The summed E-state index contributed by atoms with van der Waals surface area (Å²) < 4.78 is 78.0. The molecule has 0 aromatic rings. The van der Waals surface area contributed by atoms with E-state index in [1.165, 1.54) is 6.92 Å². The Morgan fingerprint density at radius 3 is 1.94 bits per heavy atom. The van der Waals surface area contributed by atoms with Crippen LogP contribution in [0.1, 0.15) is 26.2 Å². The van der Waals surface area contributed by atoms with E-state index in [2.05, 4.69) is 6.58 Å². The average molecular weight is 295 g/mol. The summed E-state index contributed by atoms with van der Waals surface area (Å²) in [5.74, 6) is -4.74. The van der Waals surface area contributed by atoms with E-state index >= 15 is 0 Å². The van der Waals surface area contributed by atoms with Gasteiger partial charge < -0.3 is 5.73 Å². The molecule has 0 aromatic heterocycles. The summed E-state index contributed by atoms with van der Waals surface area (Å²) >= 11 is 0. The second kappa shape index (κ2) is 7.70. The first-order chi connectivity index (χ1) is 7.97. The second-order valence-corrected chi connectivity index (χ2v) is 4.79. The van der Waals surface area contributed by atoms with Crippen molar-refractivity contribution in [2.75, 3.05) is 6.54 Å². The minimum Gasteiger partial charge on any atom is -0.327 e. The molecule has 0 aromatic carbocycles. The maximum absolute atomic E-state index is 12.6. The number of rotatable bonds is 6. The van der Waals surface area contributed by atoms with Gasteiger partial charge in [0.1, 0.15) is 0 Å². The molecule has 3 N–H and O–H groups in total. The molecule has 18 heavy (non-hydrogen) atoms. The summed E-state index contributed by atoms with van der Waals surface area (Å²) in [6, 6.07) is 0. The van der Waals surface area contributed by atoms with Crippen molar-refractivity contribution in [3.8, 4) is 0 Å². The highest BCUT2D eigenvalue weighted by atomic mass is 32.2. The maximum atomic E-state index is 12.6. The van der Waals surface area contributed by atoms with Crippen LogP contribution in [0.25, 0.3) is 0 Å². The lowest BCUT2D eigenvalue weighted by Crippen LogP contribution is -2.46. The van der Waals surface area contributed by atoms with E-state index < -0.39 is 27.7 Å². The van der Waals surface area contributed by atoms with Gasteiger partial charge in [-0.15, -0.1) is 6.58 Å². The van der Waals surface area contributed by atoms with Crippen molar-refractivity contribution in [2.45, 2.75) is 37.4 Å². The zero-order chi connectivity index (χ0) is 15.0. The molecule has 0 bridgehead atoms. The van der Waals surface area contributed by atoms with Crippen LogP contribution in [-0.4, -0.2) is 30.7 Å². The van der Waals surface area contributed by atoms with Crippen molar-refractivity contribution in [1.82, 2.24) is 0 Å². The molecule has 0 heterocycles. The maximum Gasteiger partial charge on any atom is 0.431 e. The molecule has 0 aliphatic rings. The van der Waals surface area contributed by atoms with Gasteiger partial charge in [0.25, 0.3) is 0 Å². The van der Waals surface area contributed by atoms with Gasteiger partial charge in [-0.25, -0.2) is 0 Å². The van der Waals surface area contributed by atoms with E-state index in [0.29, 0.717) is 6.54 Å². The Morgan fingerprint density at radius 1 is 1.33 bits per heavy atom. The Kier molecular flexibility index (Phi) is 8.41. The molecule has 110 valence electrons.